The van der Waals surface area contributed by atoms with E-state index in [2.05, 4.69) is 14.7 Å². The van der Waals surface area contributed by atoms with Crippen LogP contribution >= 0.6 is 34.8 Å². The van der Waals surface area contributed by atoms with Gasteiger partial charge in [0.2, 0.25) is 5.95 Å². The molecule has 0 saturated heterocycles. The highest BCUT2D eigenvalue weighted by Crippen LogP contribution is 2.32. The van der Waals surface area contributed by atoms with Crippen LogP contribution in [-0.4, -0.2) is 18.4 Å². The SMILES string of the molecule is Nc1cc(Cl)c(S(=O)(=O)Nc2nccc(Cl)n2)c(Cl)c1. The Hall–Kier alpha value is -1.28. The summed E-state index contributed by atoms with van der Waals surface area (Å²) in [5.41, 5.74) is 5.77. The lowest BCUT2D eigenvalue weighted by Gasteiger charge is -2.10. The number of nitrogens with one attached hydrogen (secondary N) is 1. The summed E-state index contributed by atoms with van der Waals surface area (Å²) < 4.78 is 26.6. The van der Waals surface area contributed by atoms with E-state index in [4.69, 9.17) is 40.5 Å². The van der Waals surface area contributed by atoms with Crippen molar-refractivity contribution in [1.82, 2.24) is 9.97 Å². The number of benzene rings is 1. The van der Waals surface area contributed by atoms with Gasteiger partial charge in [0, 0.05) is 11.9 Å². The largest absolute Gasteiger partial charge is 0.399 e. The van der Waals surface area contributed by atoms with Crippen molar-refractivity contribution in [3.63, 3.8) is 0 Å². The van der Waals surface area contributed by atoms with Gasteiger partial charge in [-0.15, -0.1) is 0 Å². The number of nitrogen functional groups attached to an aromatic ring is 1. The first-order valence-corrected chi connectivity index (χ1v) is 7.67. The van der Waals surface area contributed by atoms with Crippen LogP contribution in [0.25, 0.3) is 0 Å². The molecule has 0 amide bonds. The van der Waals surface area contributed by atoms with Crippen LogP contribution in [0.5, 0.6) is 0 Å². The lowest BCUT2D eigenvalue weighted by molar-refractivity contribution is 0.601. The molecule has 0 bridgehead atoms. The van der Waals surface area contributed by atoms with Gasteiger partial charge in [0.05, 0.1) is 10.0 Å². The highest BCUT2D eigenvalue weighted by molar-refractivity contribution is 7.93. The average molecular weight is 354 g/mol. The van der Waals surface area contributed by atoms with E-state index < -0.39 is 10.0 Å². The fraction of sp³-hybridized carbons (Fsp3) is 0. The molecule has 0 saturated carbocycles. The van der Waals surface area contributed by atoms with Gasteiger partial charge in [0.25, 0.3) is 10.0 Å². The molecular weight excluding hydrogens is 347 g/mol. The summed E-state index contributed by atoms with van der Waals surface area (Å²) in [6.45, 7) is 0. The molecule has 0 spiro atoms. The number of sulfonamides is 1. The first kappa shape index (κ1) is 15.1. The molecule has 1 aromatic heterocycles. The molecule has 6 nitrogen and oxygen atoms in total. The molecule has 20 heavy (non-hydrogen) atoms. The molecule has 0 unspecified atom stereocenters. The van der Waals surface area contributed by atoms with Crippen molar-refractivity contribution in [2.24, 2.45) is 0 Å². The lowest BCUT2D eigenvalue weighted by Crippen LogP contribution is -2.16. The molecule has 10 heteroatoms. The summed E-state index contributed by atoms with van der Waals surface area (Å²) in [5, 5.41) is -0.124. The maximum Gasteiger partial charge on any atom is 0.267 e. The van der Waals surface area contributed by atoms with Crippen LogP contribution in [0.1, 0.15) is 0 Å². The zero-order chi connectivity index (χ0) is 14.9. The molecule has 1 aromatic carbocycles. The zero-order valence-electron chi connectivity index (χ0n) is 9.64. The molecule has 106 valence electrons. The van der Waals surface area contributed by atoms with Gasteiger partial charge < -0.3 is 5.73 Å². The van der Waals surface area contributed by atoms with Crippen molar-refractivity contribution in [2.45, 2.75) is 4.90 Å². The number of hydrogen-bond donors (Lipinski definition) is 2. The van der Waals surface area contributed by atoms with Crippen LogP contribution in [0.4, 0.5) is 11.6 Å². The summed E-state index contributed by atoms with van der Waals surface area (Å²) in [4.78, 5) is 7.14. The monoisotopic (exact) mass is 352 g/mol. The van der Waals surface area contributed by atoms with Gasteiger partial charge in [-0.1, -0.05) is 34.8 Å². The third-order valence-corrected chi connectivity index (χ3v) is 4.60. The van der Waals surface area contributed by atoms with Gasteiger partial charge in [0.15, 0.2) is 0 Å². The Bertz CT molecular complexity index is 744. The van der Waals surface area contributed by atoms with Crippen molar-refractivity contribution in [3.05, 3.63) is 39.6 Å². The number of hydrogen-bond acceptors (Lipinski definition) is 5. The molecule has 2 rings (SSSR count). The minimum absolute atomic E-state index is 0.0900. The van der Waals surface area contributed by atoms with Gasteiger partial charge in [-0.05, 0) is 18.2 Å². The second-order valence-corrected chi connectivity index (χ2v) is 6.44. The molecule has 2 aromatic rings. The molecule has 0 atom stereocenters. The van der Waals surface area contributed by atoms with Gasteiger partial charge in [-0.25, -0.2) is 23.1 Å². The predicted molar refractivity (Wildman–Crippen MR) is 78.7 cm³/mol. The fourth-order valence-electron chi connectivity index (χ4n) is 1.39. The number of nitrogens with zero attached hydrogens (tertiary/aromatic N) is 2. The highest BCUT2D eigenvalue weighted by atomic mass is 35.5. The van der Waals surface area contributed by atoms with E-state index in [0.717, 1.165) is 0 Å². The molecule has 0 aliphatic heterocycles. The van der Waals surface area contributed by atoms with Crippen molar-refractivity contribution >= 4 is 56.5 Å². The van der Waals surface area contributed by atoms with Gasteiger partial charge >= 0.3 is 0 Å². The summed E-state index contributed by atoms with van der Waals surface area (Å²) in [6, 6.07) is 3.96. The molecule has 3 N–H and O–H groups in total. The second kappa shape index (κ2) is 5.61. The Morgan fingerprint density at radius 2 is 1.75 bits per heavy atom. The number of anilines is 2. The number of aromatic nitrogens is 2. The minimum atomic E-state index is -4.06. The van der Waals surface area contributed by atoms with E-state index in [1.807, 2.05) is 0 Å². The third kappa shape index (κ3) is 3.24. The minimum Gasteiger partial charge on any atom is -0.399 e. The summed E-state index contributed by atoms with van der Waals surface area (Å²) in [5.74, 6) is -0.193. The number of rotatable bonds is 3. The van der Waals surface area contributed by atoms with Crippen molar-refractivity contribution in [2.75, 3.05) is 10.5 Å². The van der Waals surface area contributed by atoms with Crippen molar-refractivity contribution in [3.8, 4) is 0 Å². The fourth-order valence-corrected chi connectivity index (χ4v) is 3.72. The normalized spacial score (nSPS) is 11.3. The van der Waals surface area contributed by atoms with Gasteiger partial charge in [-0.3, -0.25) is 0 Å². The van der Waals surface area contributed by atoms with Crippen LogP contribution in [0, 0.1) is 0 Å². The van der Waals surface area contributed by atoms with Crippen molar-refractivity contribution < 1.29 is 8.42 Å². The quantitative estimate of drug-likeness (QED) is 0.653. The van der Waals surface area contributed by atoms with E-state index >= 15 is 0 Å². The first-order chi connectivity index (χ1) is 9.29. The zero-order valence-corrected chi connectivity index (χ0v) is 12.7. The molecule has 0 aliphatic carbocycles. The summed E-state index contributed by atoms with van der Waals surface area (Å²) in [7, 11) is -4.06. The maximum absolute atomic E-state index is 12.2. The van der Waals surface area contributed by atoms with Crippen LogP contribution < -0.4 is 10.5 Å². The van der Waals surface area contributed by atoms with E-state index in [1.165, 1.54) is 24.4 Å². The molecule has 0 radical (unpaired) electrons. The average Bonchev–Trinajstić information content (AvgIpc) is 2.25. The molecule has 1 heterocycles. The van der Waals surface area contributed by atoms with Crippen molar-refractivity contribution in [1.29, 1.82) is 0 Å². The Kier molecular flexibility index (Phi) is 4.24. The number of nitrogens with two attached hydrogens (primary N) is 1. The van der Waals surface area contributed by atoms with E-state index in [-0.39, 0.29) is 31.7 Å². The second-order valence-electron chi connectivity index (χ2n) is 3.62. The van der Waals surface area contributed by atoms with Crippen LogP contribution in [0.15, 0.2) is 29.3 Å². The van der Waals surface area contributed by atoms with E-state index in [1.54, 1.807) is 0 Å². The maximum atomic E-state index is 12.2. The Labute approximate surface area is 129 Å². The topological polar surface area (TPSA) is 98.0 Å². The Morgan fingerprint density at radius 3 is 2.30 bits per heavy atom. The van der Waals surface area contributed by atoms with E-state index in [0.29, 0.717) is 0 Å². The molecule has 0 aliphatic rings. The van der Waals surface area contributed by atoms with Crippen LogP contribution in [-0.2, 0) is 10.0 Å². The molecular formula is C10H7Cl3N4O2S. The summed E-state index contributed by atoms with van der Waals surface area (Å²) in [6.07, 6.45) is 1.30. The van der Waals surface area contributed by atoms with Gasteiger partial charge in [0.1, 0.15) is 10.0 Å². The predicted octanol–water partition coefficient (Wildman–Crippen LogP) is 2.82. The Morgan fingerprint density at radius 1 is 1.15 bits per heavy atom. The highest BCUT2D eigenvalue weighted by Gasteiger charge is 2.23. The first-order valence-electron chi connectivity index (χ1n) is 5.05. The molecule has 0 fully saturated rings. The van der Waals surface area contributed by atoms with E-state index in [9.17, 15) is 8.42 Å². The van der Waals surface area contributed by atoms with Gasteiger partial charge in [-0.2, -0.15) is 0 Å². The Balaban J connectivity index is 2.46. The van der Waals surface area contributed by atoms with Crippen LogP contribution in [0.2, 0.25) is 15.2 Å². The third-order valence-electron chi connectivity index (χ3n) is 2.14. The smallest absolute Gasteiger partial charge is 0.267 e. The van der Waals surface area contributed by atoms with Crippen LogP contribution in [0.3, 0.4) is 0 Å². The summed E-state index contributed by atoms with van der Waals surface area (Å²) >= 11 is 17.4. The lowest BCUT2D eigenvalue weighted by atomic mass is 10.3. The standard InChI is InChI=1S/C10H7Cl3N4O2S/c11-6-3-5(14)4-7(12)9(6)20(18,19)17-10-15-2-1-8(13)16-10/h1-4H,14H2,(H,15,16,17). The number of halogens is 3.